The number of hydrogen-bond donors (Lipinski definition) is 6. The van der Waals surface area contributed by atoms with Crippen LogP contribution >= 0.6 is 0 Å². The van der Waals surface area contributed by atoms with Crippen LogP contribution < -0.4 is 11.5 Å². The number of aliphatic hydroxyl groups excluding tert-OH is 2. The van der Waals surface area contributed by atoms with E-state index in [0.717, 1.165) is 0 Å². The van der Waals surface area contributed by atoms with Gasteiger partial charge in [-0.15, -0.1) is 0 Å². The van der Waals surface area contributed by atoms with Crippen LogP contribution in [0.5, 0.6) is 5.75 Å². The molecule has 1 saturated carbocycles. The lowest BCUT2D eigenvalue weighted by Gasteiger charge is -2.53. The number of esters is 1. The summed E-state index contributed by atoms with van der Waals surface area (Å²) in [7, 11) is 2.86. The van der Waals surface area contributed by atoms with Crippen molar-refractivity contribution in [1.82, 2.24) is 4.90 Å². The van der Waals surface area contributed by atoms with Gasteiger partial charge in [-0.2, -0.15) is 0 Å². The van der Waals surface area contributed by atoms with E-state index in [-0.39, 0.29) is 28.8 Å². The molecule has 1 fully saturated rings. The van der Waals surface area contributed by atoms with Crippen molar-refractivity contribution in [2.24, 2.45) is 17.6 Å². The molecule has 12 heteroatoms. The predicted octanol–water partition coefficient (Wildman–Crippen LogP) is -0.0514. The number of benzene rings is 1. The summed E-state index contributed by atoms with van der Waals surface area (Å²) >= 11 is 0. The SMILES string of the molecule is C=C1c2ccc(N)c(O)c2C(O)=C2C(=O)[C@@]3(O)C(O)=C(C(N)=O)C(=O)[C@H](N(C)C)[C@H]3[C@H](OC(=O)CC)[C@@H]12. The summed E-state index contributed by atoms with van der Waals surface area (Å²) < 4.78 is 5.68. The highest BCUT2D eigenvalue weighted by molar-refractivity contribution is 6.25. The molecule has 0 radical (unpaired) electrons. The molecule has 0 heterocycles. The van der Waals surface area contributed by atoms with Crippen LogP contribution in [0.2, 0.25) is 0 Å². The zero-order chi connectivity index (χ0) is 27.7. The Bertz CT molecular complexity index is 1360. The first kappa shape index (κ1) is 25.9. The topological polar surface area (TPSA) is 214 Å². The number of phenols is 1. The molecule has 5 atom stereocenters. The molecule has 1 aromatic carbocycles. The van der Waals surface area contributed by atoms with Gasteiger partial charge < -0.3 is 36.6 Å². The number of anilines is 1. The summed E-state index contributed by atoms with van der Waals surface area (Å²) in [6.45, 7) is 5.51. The normalized spacial score (nSPS) is 29.2. The number of hydrogen-bond acceptors (Lipinski definition) is 11. The second kappa shape index (κ2) is 8.46. The van der Waals surface area contributed by atoms with Gasteiger partial charge in [0, 0.05) is 6.42 Å². The van der Waals surface area contributed by atoms with Gasteiger partial charge in [0.05, 0.1) is 34.7 Å². The number of rotatable bonds is 4. The van der Waals surface area contributed by atoms with Gasteiger partial charge in [-0.3, -0.25) is 24.1 Å². The molecule has 0 aliphatic heterocycles. The van der Waals surface area contributed by atoms with E-state index in [1.54, 1.807) is 0 Å². The molecule has 0 saturated heterocycles. The zero-order valence-electron chi connectivity index (χ0n) is 20.3. The molecule has 0 unspecified atom stereocenters. The first-order valence-corrected chi connectivity index (χ1v) is 11.4. The van der Waals surface area contributed by atoms with E-state index in [9.17, 15) is 39.6 Å². The zero-order valence-corrected chi connectivity index (χ0v) is 20.3. The molecule has 12 nitrogen and oxygen atoms in total. The summed E-state index contributed by atoms with van der Waals surface area (Å²) in [6.07, 6.45) is -1.65. The van der Waals surface area contributed by atoms with Crippen LogP contribution in [0.15, 0.2) is 35.6 Å². The van der Waals surface area contributed by atoms with E-state index in [4.69, 9.17) is 16.2 Å². The fourth-order valence-electron chi connectivity index (χ4n) is 5.61. The lowest BCUT2D eigenvalue weighted by atomic mass is 9.55. The van der Waals surface area contributed by atoms with Gasteiger partial charge in [0.25, 0.3) is 5.91 Å². The lowest BCUT2D eigenvalue weighted by Crippen LogP contribution is -2.70. The van der Waals surface area contributed by atoms with Gasteiger partial charge in [0.15, 0.2) is 11.4 Å². The monoisotopic (exact) mass is 513 g/mol. The van der Waals surface area contributed by atoms with Crippen LogP contribution in [0.3, 0.4) is 0 Å². The van der Waals surface area contributed by atoms with Gasteiger partial charge >= 0.3 is 5.97 Å². The van der Waals surface area contributed by atoms with E-state index >= 15 is 0 Å². The van der Waals surface area contributed by atoms with E-state index < -0.39 is 81.4 Å². The van der Waals surface area contributed by atoms with Crippen LogP contribution in [0.25, 0.3) is 11.3 Å². The summed E-state index contributed by atoms with van der Waals surface area (Å²) in [6, 6.07) is 1.34. The maximum absolute atomic E-state index is 14.0. The maximum atomic E-state index is 14.0. The number of amides is 1. The maximum Gasteiger partial charge on any atom is 0.305 e. The van der Waals surface area contributed by atoms with Crippen molar-refractivity contribution in [3.8, 4) is 5.75 Å². The Hall–Kier alpha value is -4.16. The average Bonchev–Trinajstić information content (AvgIpc) is 2.82. The lowest BCUT2D eigenvalue weighted by molar-refractivity contribution is -0.181. The molecule has 3 aliphatic rings. The minimum absolute atomic E-state index is 0.122. The highest BCUT2D eigenvalue weighted by Gasteiger charge is 2.69. The van der Waals surface area contributed by atoms with E-state index in [0.29, 0.717) is 0 Å². The summed E-state index contributed by atoms with van der Waals surface area (Å²) in [5.74, 6) is -10.0. The Morgan fingerprint density at radius 1 is 1.19 bits per heavy atom. The van der Waals surface area contributed by atoms with Gasteiger partial charge in [0.1, 0.15) is 28.9 Å². The number of likely N-dealkylation sites (N-methyl/N-ethyl adjacent to an activating group) is 1. The molecule has 8 N–H and O–H groups in total. The number of nitrogens with two attached hydrogens (primary N) is 2. The molecule has 1 amide bonds. The highest BCUT2D eigenvalue weighted by atomic mass is 16.5. The Labute approximate surface area is 211 Å². The Balaban J connectivity index is 2.13. The molecule has 37 heavy (non-hydrogen) atoms. The third-order valence-electron chi connectivity index (χ3n) is 7.30. The van der Waals surface area contributed by atoms with Gasteiger partial charge in [0.2, 0.25) is 5.78 Å². The van der Waals surface area contributed by atoms with Crippen LogP contribution in [0.4, 0.5) is 5.69 Å². The van der Waals surface area contributed by atoms with Crippen LogP contribution in [0, 0.1) is 11.8 Å². The molecule has 0 aromatic heterocycles. The van der Waals surface area contributed by atoms with Gasteiger partial charge in [-0.1, -0.05) is 19.6 Å². The first-order valence-electron chi connectivity index (χ1n) is 11.4. The highest BCUT2D eigenvalue weighted by Crippen LogP contribution is 2.56. The van der Waals surface area contributed by atoms with E-state index in [2.05, 4.69) is 6.58 Å². The standard InChI is InChI=1S/C25H27N3O9/c1-5-11(29)37-21-12-8(2)9-6-7-10(26)18(30)13(9)19(31)14(12)22(33)25(36)16(21)17(28(3)4)20(32)15(23(25)34)24(27)35/h6-7,12,16-17,21,30-31,34,36H,2,5,26H2,1,3-4H3,(H2,27,35)/t12-,16-,17+,21+,25+/m0/s1. The van der Waals surface area contributed by atoms with Crippen molar-refractivity contribution in [1.29, 1.82) is 0 Å². The summed E-state index contributed by atoms with van der Waals surface area (Å²) in [5, 5.41) is 44.7. The van der Waals surface area contributed by atoms with E-state index in [1.165, 1.54) is 38.1 Å². The largest absolute Gasteiger partial charge is 0.508 e. The van der Waals surface area contributed by atoms with Gasteiger partial charge in [-0.05, 0) is 31.3 Å². The number of nitrogens with zero attached hydrogens (tertiary/aromatic N) is 1. The third kappa shape index (κ3) is 3.29. The number of phenolic OH excluding ortho intramolecular Hbond substituents is 1. The number of aliphatic hydroxyl groups is 3. The second-order valence-corrected chi connectivity index (χ2v) is 9.48. The number of fused-ring (bicyclic) bond motifs is 3. The number of nitrogen functional groups attached to an aromatic ring is 1. The Kier molecular flexibility index (Phi) is 5.92. The van der Waals surface area contributed by atoms with E-state index in [1.807, 2.05) is 0 Å². The van der Waals surface area contributed by atoms with Crippen LogP contribution in [0.1, 0.15) is 24.5 Å². The minimum Gasteiger partial charge on any atom is -0.508 e. The molecule has 0 spiro atoms. The van der Waals surface area contributed by atoms with Crippen molar-refractivity contribution in [2.75, 3.05) is 19.8 Å². The molecule has 196 valence electrons. The molecule has 4 rings (SSSR count). The van der Waals surface area contributed by atoms with Crippen LogP contribution in [-0.4, -0.2) is 80.6 Å². The molecule has 3 aliphatic carbocycles. The number of aromatic hydroxyl groups is 1. The fourth-order valence-corrected chi connectivity index (χ4v) is 5.61. The number of carbonyl (C=O) groups is 4. The summed E-state index contributed by atoms with van der Waals surface area (Å²) in [5.41, 5.74) is 6.49. The second-order valence-electron chi connectivity index (χ2n) is 9.48. The molecule has 0 bridgehead atoms. The smallest absolute Gasteiger partial charge is 0.305 e. The van der Waals surface area contributed by atoms with Crippen molar-refractivity contribution < 1.29 is 44.3 Å². The van der Waals surface area contributed by atoms with Crippen molar-refractivity contribution in [3.63, 3.8) is 0 Å². The quantitative estimate of drug-likeness (QED) is 0.136. The number of ketones is 2. The third-order valence-corrected chi connectivity index (χ3v) is 7.30. The predicted molar refractivity (Wildman–Crippen MR) is 130 cm³/mol. The molecular formula is C25H27N3O9. The Morgan fingerprint density at radius 3 is 2.35 bits per heavy atom. The van der Waals surface area contributed by atoms with Crippen molar-refractivity contribution in [2.45, 2.75) is 31.1 Å². The summed E-state index contributed by atoms with van der Waals surface area (Å²) in [4.78, 5) is 53.4. The molecule has 1 aromatic rings. The first-order chi connectivity index (χ1) is 17.2. The fraction of sp³-hybridized carbons (Fsp3) is 0.360. The van der Waals surface area contributed by atoms with Crippen LogP contribution in [-0.2, 0) is 23.9 Å². The number of carbonyl (C=O) groups excluding carboxylic acids is 4. The van der Waals surface area contributed by atoms with Gasteiger partial charge in [-0.25, -0.2) is 0 Å². The number of primary amides is 1. The number of Topliss-reactive ketones (excluding diaryl/α,β-unsaturated/α-hetero) is 2. The minimum atomic E-state index is -3.01. The average molecular weight is 514 g/mol. The number of ether oxygens (including phenoxy) is 1. The van der Waals surface area contributed by atoms with Crippen molar-refractivity contribution in [3.05, 3.63) is 46.7 Å². The van der Waals surface area contributed by atoms with Crippen molar-refractivity contribution >= 4 is 40.5 Å². The Morgan fingerprint density at radius 2 is 1.81 bits per heavy atom. The molecular weight excluding hydrogens is 486 g/mol.